The van der Waals surface area contributed by atoms with Gasteiger partial charge in [0.15, 0.2) is 0 Å². The number of ether oxygens (including phenoxy) is 1. The second-order valence-electron chi connectivity index (χ2n) is 4.46. The van der Waals surface area contributed by atoms with Gasteiger partial charge in [-0.3, -0.25) is 9.48 Å². The Morgan fingerprint density at radius 1 is 1.41 bits per heavy atom. The van der Waals surface area contributed by atoms with Crippen LogP contribution in [-0.2, 0) is 16.1 Å². The molecule has 0 bridgehead atoms. The molecule has 1 aromatic heterocycles. The van der Waals surface area contributed by atoms with Crippen LogP contribution in [0.1, 0.15) is 20.3 Å². The Bertz CT molecular complexity index is 356. The van der Waals surface area contributed by atoms with Gasteiger partial charge >= 0.3 is 0 Å². The van der Waals surface area contributed by atoms with Gasteiger partial charge in [0.2, 0.25) is 5.91 Å². The zero-order chi connectivity index (χ0) is 12.3. The fourth-order valence-corrected chi connectivity index (χ4v) is 2.10. The Morgan fingerprint density at radius 2 is 2.12 bits per heavy atom. The summed E-state index contributed by atoms with van der Waals surface area (Å²) < 4.78 is 7.27. The van der Waals surface area contributed by atoms with E-state index in [4.69, 9.17) is 4.74 Å². The van der Waals surface area contributed by atoms with Crippen LogP contribution in [0, 0.1) is 0 Å². The molecule has 0 radical (unpaired) electrons. The molecule has 1 fully saturated rings. The van der Waals surface area contributed by atoms with Gasteiger partial charge in [-0.05, 0) is 13.8 Å². The van der Waals surface area contributed by atoms with Crippen LogP contribution in [0.15, 0.2) is 12.7 Å². The molecule has 17 heavy (non-hydrogen) atoms. The van der Waals surface area contributed by atoms with Crippen molar-refractivity contribution in [1.82, 2.24) is 19.7 Å². The average Bonchev–Trinajstić information content (AvgIpc) is 2.77. The minimum absolute atomic E-state index is 0.120. The normalized spacial score (nSPS) is 24.9. The number of carbonyl (C=O) groups excluding carboxylic acids is 1. The maximum atomic E-state index is 12.0. The van der Waals surface area contributed by atoms with E-state index in [0.717, 1.165) is 0 Å². The van der Waals surface area contributed by atoms with Crippen molar-refractivity contribution in [1.29, 1.82) is 0 Å². The van der Waals surface area contributed by atoms with E-state index in [1.165, 1.54) is 6.33 Å². The molecule has 0 saturated carbocycles. The quantitative estimate of drug-likeness (QED) is 0.760. The summed E-state index contributed by atoms with van der Waals surface area (Å²) in [5.41, 5.74) is 0. The molecule has 6 nitrogen and oxygen atoms in total. The van der Waals surface area contributed by atoms with E-state index in [1.807, 2.05) is 18.7 Å². The zero-order valence-corrected chi connectivity index (χ0v) is 10.2. The summed E-state index contributed by atoms with van der Waals surface area (Å²) in [5, 5.41) is 3.97. The van der Waals surface area contributed by atoms with Gasteiger partial charge in [0, 0.05) is 19.5 Å². The highest BCUT2D eigenvalue weighted by atomic mass is 16.5. The van der Waals surface area contributed by atoms with Gasteiger partial charge in [-0.25, -0.2) is 4.98 Å². The van der Waals surface area contributed by atoms with Gasteiger partial charge in [0.25, 0.3) is 0 Å². The van der Waals surface area contributed by atoms with Gasteiger partial charge in [0.1, 0.15) is 12.7 Å². The second kappa shape index (κ2) is 5.27. The third kappa shape index (κ3) is 3.26. The molecule has 0 aliphatic carbocycles. The monoisotopic (exact) mass is 238 g/mol. The molecule has 0 aromatic carbocycles. The van der Waals surface area contributed by atoms with Gasteiger partial charge in [0.05, 0.1) is 18.8 Å². The van der Waals surface area contributed by atoms with Gasteiger partial charge in [-0.2, -0.15) is 5.10 Å². The Balaban J connectivity index is 1.83. The maximum Gasteiger partial charge on any atom is 0.224 e. The number of morpholine rings is 1. The molecule has 0 N–H and O–H groups in total. The Labute approximate surface area is 101 Å². The predicted molar refractivity (Wildman–Crippen MR) is 61.2 cm³/mol. The lowest BCUT2D eigenvalue weighted by Crippen LogP contribution is -2.48. The first-order chi connectivity index (χ1) is 8.15. The fourth-order valence-electron chi connectivity index (χ4n) is 2.10. The standard InChI is InChI=1S/C11H18N4O2/c1-9-5-14(6-10(2)17-9)11(16)3-4-15-8-12-7-13-15/h7-10H,3-6H2,1-2H3/t9-,10+. The van der Waals surface area contributed by atoms with E-state index in [0.29, 0.717) is 26.1 Å². The van der Waals surface area contributed by atoms with E-state index in [9.17, 15) is 4.79 Å². The first kappa shape index (κ1) is 12.0. The van der Waals surface area contributed by atoms with E-state index < -0.39 is 0 Å². The summed E-state index contributed by atoms with van der Waals surface area (Å²) in [7, 11) is 0. The molecule has 0 unspecified atom stereocenters. The van der Waals surface area contributed by atoms with Crippen LogP contribution in [0.25, 0.3) is 0 Å². The Hall–Kier alpha value is -1.43. The van der Waals surface area contributed by atoms with Crippen LogP contribution in [-0.4, -0.2) is 50.9 Å². The minimum Gasteiger partial charge on any atom is -0.372 e. The number of carbonyl (C=O) groups is 1. The molecule has 2 atom stereocenters. The lowest BCUT2D eigenvalue weighted by Gasteiger charge is -2.35. The predicted octanol–water partition coefficient (Wildman–Crippen LogP) is 0.304. The van der Waals surface area contributed by atoms with Gasteiger partial charge < -0.3 is 9.64 Å². The first-order valence-electron chi connectivity index (χ1n) is 5.91. The summed E-state index contributed by atoms with van der Waals surface area (Å²) in [6.45, 7) is 5.93. The number of amides is 1. The molecule has 2 rings (SSSR count). The molecule has 1 amide bonds. The van der Waals surface area contributed by atoms with Crippen molar-refractivity contribution < 1.29 is 9.53 Å². The van der Waals surface area contributed by atoms with Crippen molar-refractivity contribution in [2.75, 3.05) is 13.1 Å². The second-order valence-corrected chi connectivity index (χ2v) is 4.46. The highest BCUT2D eigenvalue weighted by molar-refractivity contribution is 5.76. The lowest BCUT2D eigenvalue weighted by molar-refractivity contribution is -0.143. The molecular weight excluding hydrogens is 220 g/mol. The van der Waals surface area contributed by atoms with E-state index in [1.54, 1.807) is 11.0 Å². The van der Waals surface area contributed by atoms with Crippen molar-refractivity contribution in [3.63, 3.8) is 0 Å². The third-order valence-corrected chi connectivity index (χ3v) is 2.79. The van der Waals surface area contributed by atoms with Crippen LogP contribution < -0.4 is 0 Å². The van der Waals surface area contributed by atoms with Crippen molar-refractivity contribution in [3.05, 3.63) is 12.7 Å². The molecule has 1 aliphatic rings. The smallest absolute Gasteiger partial charge is 0.224 e. The first-order valence-corrected chi connectivity index (χ1v) is 5.91. The molecule has 1 aliphatic heterocycles. The third-order valence-electron chi connectivity index (χ3n) is 2.79. The zero-order valence-electron chi connectivity index (χ0n) is 10.2. The van der Waals surface area contributed by atoms with Crippen LogP contribution in [0.2, 0.25) is 0 Å². The van der Waals surface area contributed by atoms with E-state index in [-0.39, 0.29) is 18.1 Å². The number of aromatic nitrogens is 3. The number of rotatable bonds is 3. The number of hydrogen-bond acceptors (Lipinski definition) is 4. The molecular formula is C11H18N4O2. The van der Waals surface area contributed by atoms with Crippen LogP contribution >= 0.6 is 0 Å². The van der Waals surface area contributed by atoms with Crippen molar-refractivity contribution >= 4 is 5.91 Å². The summed E-state index contributed by atoms with van der Waals surface area (Å²) in [5.74, 6) is 0.155. The summed E-state index contributed by atoms with van der Waals surface area (Å²) in [6, 6.07) is 0. The van der Waals surface area contributed by atoms with Crippen LogP contribution in [0.4, 0.5) is 0 Å². The summed E-state index contributed by atoms with van der Waals surface area (Å²) in [6.07, 6.45) is 3.80. The molecule has 1 aromatic rings. The Morgan fingerprint density at radius 3 is 2.71 bits per heavy atom. The van der Waals surface area contributed by atoms with Crippen molar-refractivity contribution in [3.8, 4) is 0 Å². The maximum absolute atomic E-state index is 12.0. The average molecular weight is 238 g/mol. The summed E-state index contributed by atoms with van der Waals surface area (Å²) >= 11 is 0. The van der Waals surface area contributed by atoms with E-state index >= 15 is 0 Å². The highest BCUT2D eigenvalue weighted by Crippen LogP contribution is 2.11. The molecule has 1 saturated heterocycles. The Kier molecular flexibility index (Phi) is 3.73. The van der Waals surface area contributed by atoms with Crippen molar-refractivity contribution in [2.24, 2.45) is 0 Å². The topological polar surface area (TPSA) is 60.2 Å². The molecule has 2 heterocycles. The van der Waals surface area contributed by atoms with Crippen LogP contribution in [0.5, 0.6) is 0 Å². The lowest BCUT2D eigenvalue weighted by atomic mass is 10.2. The number of nitrogens with zero attached hydrogens (tertiary/aromatic N) is 4. The number of aryl methyl sites for hydroxylation is 1. The minimum atomic E-state index is 0.120. The number of hydrogen-bond donors (Lipinski definition) is 0. The molecule has 0 spiro atoms. The van der Waals surface area contributed by atoms with Gasteiger partial charge in [-0.15, -0.1) is 0 Å². The van der Waals surface area contributed by atoms with Gasteiger partial charge in [-0.1, -0.05) is 0 Å². The van der Waals surface area contributed by atoms with E-state index in [2.05, 4.69) is 10.1 Å². The van der Waals surface area contributed by atoms with Crippen LogP contribution in [0.3, 0.4) is 0 Å². The molecule has 6 heteroatoms. The molecule has 94 valence electrons. The fraction of sp³-hybridized carbons (Fsp3) is 0.727. The SMILES string of the molecule is C[C@@H]1CN(C(=O)CCn2cncn2)C[C@H](C)O1. The highest BCUT2D eigenvalue weighted by Gasteiger charge is 2.25. The largest absolute Gasteiger partial charge is 0.372 e. The van der Waals surface area contributed by atoms with Crippen molar-refractivity contribution in [2.45, 2.75) is 39.0 Å². The summed E-state index contributed by atoms with van der Waals surface area (Å²) in [4.78, 5) is 17.7.